The van der Waals surface area contributed by atoms with Crippen molar-refractivity contribution in [1.82, 2.24) is 5.32 Å². The van der Waals surface area contributed by atoms with Crippen molar-refractivity contribution in [2.45, 2.75) is 46.1 Å². The van der Waals surface area contributed by atoms with Gasteiger partial charge in [0, 0.05) is 26.3 Å². The molecule has 0 saturated carbocycles. The Bertz CT molecular complexity index is 334. The molecule has 1 aromatic rings. The van der Waals surface area contributed by atoms with Crippen molar-refractivity contribution in [1.29, 1.82) is 0 Å². The summed E-state index contributed by atoms with van der Waals surface area (Å²) < 4.78 is 5.15. The summed E-state index contributed by atoms with van der Waals surface area (Å²) in [5.41, 5.74) is 2.82. The summed E-state index contributed by atoms with van der Waals surface area (Å²) in [6.07, 6.45) is 3.74. The summed E-state index contributed by atoms with van der Waals surface area (Å²) >= 11 is 0. The molecule has 0 aromatic heterocycles. The highest BCUT2D eigenvalue weighted by atomic mass is 16.5. The molecule has 108 valence electrons. The van der Waals surface area contributed by atoms with Crippen LogP contribution in [0.4, 0.5) is 0 Å². The molecule has 2 nitrogen and oxygen atoms in total. The number of hydrogen-bond donors (Lipinski definition) is 1. The van der Waals surface area contributed by atoms with Crippen LogP contribution in [0.1, 0.15) is 50.8 Å². The molecular formula is C17H29NO. The fraction of sp³-hybridized carbons (Fsp3) is 0.647. The lowest BCUT2D eigenvalue weighted by Gasteiger charge is -2.18. The van der Waals surface area contributed by atoms with Gasteiger partial charge in [0.2, 0.25) is 0 Å². The SMILES string of the molecule is CCCCc1ccc(C(C)NCC(C)COC)cc1. The standard InChI is InChI=1S/C17H29NO/c1-5-6-7-16-8-10-17(11-9-16)15(3)18-12-14(2)13-19-4/h8-11,14-15,18H,5-7,12-13H2,1-4H3. The zero-order valence-corrected chi connectivity index (χ0v) is 12.9. The molecule has 2 heteroatoms. The van der Waals surface area contributed by atoms with Crippen LogP contribution in [0, 0.1) is 5.92 Å². The fourth-order valence-electron chi connectivity index (χ4n) is 2.19. The summed E-state index contributed by atoms with van der Waals surface area (Å²) in [4.78, 5) is 0. The summed E-state index contributed by atoms with van der Waals surface area (Å²) in [6, 6.07) is 9.44. The van der Waals surface area contributed by atoms with Crippen LogP contribution in [-0.4, -0.2) is 20.3 Å². The third-order valence-electron chi connectivity index (χ3n) is 3.52. The Labute approximate surface area is 118 Å². The van der Waals surface area contributed by atoms with E-state index in [-0.39, 0.29) is 0 Å². The van der Waals surface area contributed by atoms with Crippen LogP contribution < -0.4 is 5.32 Å². The van der Waals surface area contributed by atoms with Crippen molar-refractivity contribution < 1.29 is 4.74 Å². The zero-order chi connectivity index (χ0) is 14.1. The second-order valence-electron chi connectivity index (χ2n) is 5.54. The smallest absolute Gasteiger partial charge is 0.0499 e. The van der Waals surface area contributed by atoms with Crippen molar-refractivity contribution in [2.24, 2.45) is 5.92 Å². The first-order valence-corrected chi connectivity index (χ1v) is 7.48. The minimum absolute atomic E-state index is 0.402. The van der Waals surface area contributed by atoms with E-state index in [0.717, 1.165) is 13.2 Å². The predicted octanol–water partition coefficient (Wildman–Crippen LogP) is 3.96. The molecule has 0 amide bonds. The molecule has 0 bridgehead atoms. The molecule has 0 aliphatic carbocycles. The van der Waals surface area contributed by atoms with Crippen LogP contribution in [0.2, 0.25) is 0 Å². The first-order chi connectivity index (χ1) is 9.17. The molecule has 2 atom stereocenters. The Balaban J connectivity index is 2.41. The number of rotatable bonds is 9. The Hall–Kier alpha value is -0.860. The number of methoxy groups -OCH3 is 1. The number of ether oxygens (including phenoxy) is 1. The molecule has 1 aromatic carbocycles. The summed E-state index contributed by atoms with van der Waals surface area (Å²) in [6.45, 7) is 8.47. The predicted molar refractivity (Wildman–Crippen MR) is 82.5 cm³/mol. The van der Waals surface area contributed by atoms with E-state index in [1.165, 1.54) is 30.4 Å². The third-order valence-corrected chi connectivity index (χ3v) is 3.52. The minimum atomic E-state index is 0.402. The molecule has 0 aliphatic rings. The summed E-state index contributed by atoms with van der Waals surface area (Å²) in [7, 11) is 1.76. The molecule has 0 spiro atoms. The molecular weight excluding hydrogens is 234 g/mol. The van der Waals surface area contributed by atoms with Gasteiger partial charge in [-0.05, 0) is 36.8 Å². The van der Waals surface area contributed by atoms with Crippen LogP contribution in [-0.2, 0) is 11.2 Å². The molecule has 0 aliphatic heterocycles. The molecule has 1 N–H and O–H groups in total. The van der Waals surface area contributed by atoms with E-state index in [0.29, 0.717) is 12.0 Å². The Morgan fingerprint density at radius 1 is 1.16 bits per heavy atom. The van der Waals surface area contributed by atoms with Gasteiger partial charge in [-0.15, -0.1) is 0 Å². The maximum Gasteiger partial charge on any atom is 0.0499 e. The van der Waals surface area contributed by atoms with Crippen LogP contribution >= 0.6 is 0 Å². The first-order valence-electron chi connectivity index (χ1n) is 7.48. The van der Waals surface area contributed by atoms with Gasteiger partial charge in [-0.3, -0.25) is 0 Å². The van der Waals surface area contributed by atoms with Crippen LogP contribution in [0.3, 0.4) is 0 Å². The van der Waals surface area contributed by atoms with Gasteiger partial charge in [-0.25, -0.2) is 0 Å². The zero-order valence-electron chi connectivity index (χ0n) is 12.9. The van der Waals surface area contributed by atoms with E-state index in [4.69, 9.17) is 4.74 Å². The van der Waals surface area contributed by atoms with Crippen LogP contribution in [0.25, 0.3) is 0 Å². The van der Waals surface area contributed by atoms with Crippen molar-refractivity contribution in [3.63, 3.8) is 0 Å². The summed E-state index contributed by atoms with van der Waals surface area (Å²) in [5.74, 6) is 0.552. The quantitative estimate of drug-likeness (QED) is 0.728. The lowest BCUT2D eigenvalue weighted by Crippen LogP contribution is -2.26. The lowest BCUT2D eigenvalue weighted by atomic mass is 10.0. The van der Waals surface area contributed by atoms with Gasteiger partial charge in [-0.1, -0.05) is 44.5 Å². The average molecular weight is 263 g/mol. The van der Waals surface area contributed by atoms with Crippen molar-refractivity contribution >= 4 is 0 Å². The largest absolute Gasteiger partial charge is 0.384 e. The number of aryl methyl sites for hydroxylation is 1. The van der Waals surface area contributed by atoms with Gasteiger partial charge in [0.05, 0.1) is 0 Å². The second-order valence-corrected chi connectivity index (χ2v) is 5.54. The minimum Gasteiger partial charge on any atom is -0.384 e. The highest BCUT2D eigenvalue weighted by Crippen LogP contribution is 2.15. The fourth-order valence-corrected chi connectivity index (χ4v) is 2.19. The van der Waals surface area contributed by atoms with Gasteiger partial charge in [0.15, 0.2) is 0 Å². The number of benzene rings is 1. The molecule has 2 unspecified atom stereocenters. The van der Waals surface area contributed by atoms with Crippen molar-refractivity contribution in [3.8, 4) is 0 Å². The maximum atomic E-state index is 5.15. The van der Waals surface area contributed by atoms with Gasteiger partial charge in [0.1, 0.15) is 0 Å². The van der Waals surface area contributed by atoms with E-state index in [9.17, 15) is 0 Å². The normalized spacial score (nSPS) is 14.3. The van der Waals surface area contributed by atoms with E-state index in [1.807, 2.05) is 0 Å². The maximum absolute atomic E-state index is 5.15. The first kappa shape index (κ1) is 16.2. The Morgan fingerprint density at radius 2 is 1.84 bits per heavy atom. The topological polar surface area (TPSA) is 21.3 Å². The van der Waals surface area contributed by atoms with E-state index in [1.54, 1.807) is 7.11 Å². The van der Waals surface area contributed by atoms with Gasteiger partial charge in [0.25, 0.3) is 0 Å². The highest BCUT2D eigenvalue weighted by molar-refractivity contribution is 5.24. The highest BCUT2D eigenvalue weighted by Gasteiger charge is 2.07. The number of hydrogen-bond acceptors (Lipinski definition) is 2. The van der Waals surface area contributed by atoms with E-state index in [2.05, 4.69) is 50.4 Å². The van der Waals surface area contributed by atoms with E-state index >= 15 is 0 Å². The van der Waals surface area contributed by atoms with Gasteiger partial charge < -0.3 is 10.1 Å². The van der Waals surface area contributed by atoms with Crippen LogP contribution in [0.15, 0.2) is 24.3 Å². The average Bonchev–Trinajstić information content (AvgIpc) is 2.43. The third kappa shape index (κ3) is 6.22. The monoisotopic (exact) mass is 263 g/mol. The van der Waals surface area contributed by atoms with Gasteiger partial charge in [-0.2, -0.15) is 0 Å². The van der Waals surface area contributed by atoms with Gasteiger partial charge >= 0.3 is 0 Å². The molecule has 19 heavy (non-hydrogen) atoms. The van der Waals surface area contributed by atoms with E-state index < -0.39 is 0 Å². The molecule has 0 radical (unpaired) electrons. The molecule has 0 fully saturated rings. The lowest BCUT2D eigenvalue weighted by molar-refractivity contribution is 0.157. The van der Waals surface area contributed by atoms with Crippen molar-refractivity contribution in [3.05, 3.63) is 35.4 Å². The molecule has 0 heterocycles. The molecule has 0 saturated heterocycles. The number of unbranched alkanes of at least 4 members (excludes halogenated alkanes) is 1. The van der Waals surface area contributed by atoms with Crippen molar-refractivity contribution in [2.75, 3.05) is 20.3 Å². The second kappa shape index (κ2) is 9.11. The van der Waals surface area contributed by atoms with Crippen LogP contribution in [0.5, 0.6) is 0 Å². The molecule has 1 rings (SSSR count). The Kier molecular flexibility index (Phi) is 7.76. The summed E-state index contributed by atoms with van der Waals surface area (Å²) in [5, 5.41) is 3.57. The Morgan fingerprint density at radius 3 is 2.42 bits per heavy atom. The number of nitrogens with one attached hydrogen (secondary N) is 1.